The number of carboxylic acids is 1. The zero-order valence-electron chi connectivity index (χ0n) is 44.6. The van der Waals surface area contributed by atoms with Crippen LogP contribution in [0.25, 0.3) is 0 Å². The summed E-state index contributed by atoms with van der Waals surface area (Å²) in [5.74, 6) is -1.46. The minimum absolute atomic E-state index is 0.0530. The molecule has 0 saturated heterocycles. The van der Waals surface area contributed by atoms with Crippen molar-refractivity contribution in [1.29, 1.82) is 0 Å². The van der Waals surface area contributed by atoms with Crippen LogP contribution in [0.5, 0.6) is 0 Å². The second-order valence-corrected chi connectivity index (χ2v) is 20.2. The molecule has 390 valence electrons. The Kier molecular flexibility index (Phi) is 47.7. The van der Waals surface area contributed by atoms with Gasteiger partial charge in [0.05, 0.1) is 34.4 Å². The minimum Gasteiger partial charge on any atom is -0.477 e. The lowest BCUT2D eigenvalue weighted by Gasteiger charge is -2.31. The van der Waals surface area contributed by atoms with Crippen molar-refractivity contribution in [2.75, 3.05) is 41.0 Å². The number of unbranched alkanes of at least 4 members (excludes halogenated alkanes) is 29. The fraction of sp³-hybridized carbons (Fsp3) is 0.814. The van der Waals surface area contributed by atoms with Crippen molar-refractivity contribution in [1.82, 2.24) is 0 Å². The smallest absolute Gasteiger partial charge is 0.362 e. The molecule has 0 aromatic carbocycles. The average molecular weight is 944 g/mol. The van der Waals surface area contributed by atoms with Gasteiger partial charge >= 0.3 is 17.9 Å². The third-order valence-corrected chi connectivity index (χ3v) is 12.7. The van der Waals surface area contributed by atoms with Crippen LogP contribution in [-0.4, -0.2) is 80.6 Å². The molecule has 0 amide bonds. The zero-order chi connectivity index (χ0) is 49.2. The van der Waals surface area contributed by atoms with E-state index >= 15 is 0 Å². The quantitative estimate of drug-likeness (QED) is 0.0281. The zero-order valence-corrected chi connectivity index (χ0v) is 44.6. The van der Waals surface area contributed by atoms with Gasteiger partial charge in [0.15, 0.2) is 12.1 Å². The van der Waals surface area contributed by atoms with E-state index in [1.54, 1.807) is 0 Å². The molecule has 8 heteroatoms. The van der Waals surface area contributed by atoms with Crippen LogP contribution in [0, 0.1) is 0 Å². The monoisotopic (exact) mass is 943 g/mol. The first kappa shape index (κ1) is 64.3. The third-order valence-electron chi connectivity index (χ3n) is 12.7. The molecule has 2 atom stereocenters. The first-order chi connectivity index (χ1) is 32.6. The second-order valence-electron chi connectivity index (χ2n) is 20.2. The summed E-state index contributed by atoms with van der Waals surface area (Å²) in [6.07, 6.45) is 61.7. The van der Waals surface area contributed by atoms with Crippen molar-refractivity contribution in [2.45, 2.75) is 270 Å². The number of likely N-dealkylation sites (N-methyl/N-ethyl adjacent to an activating group) is 1. The number of hydrogen-bond donors (Lipinski definition) is 1. The first-order valence-electron chi connectivity index (χ1n) is 28.2. The van der Waals surface area contributed by atoms with E-state index in [1.165, 1.54) is 161 Å². The number of carboxylic acid groups (broad SMARTS) is 1. The van der Waals surface area contributed by atoms with Gasteiger partial charge in [-0.3, -0.25) is 9.59 Å². The molecule has 0 aliphatic heterocycles. The Morgan fingerprint density at radius 2 is 0.836 bits per heavy atom. The van der Waals surface area contributed by atoms with Crippen molar-refractivity contribution in [3.05, 3.63) is 48.6 Å². The van der Waals surface area contributed by atoms with Gasteiger partial charge in [0.25, 0.3) is 0 Å². The first-order valence-corrected chi connectivity index (χ1v) is 28.2. The van der Waals surface area contributed by atoms with Crippen LogP contribution in [0.4, 0.5) is 0 Å². The molecule has 8 nitrogen and oxygen atoms in total. The predicted octanol–water partition coefficient (Wildman–Crippen LogP) is 16.7. The highest BCUT2D eigenvalue weighted by molar-refractivity contribution is 5.72. The van der Waals surface area contributed by atoms with E-state index in [0.717, 1.165) is 64.2 Å². The Morgan fingerprint density at radius 1 is 0.463 bits per heavy atom. The molecule has 0 saturated carbocycles. The SMILES string of the molecule is CC/C=C/C/C=C/CCCCCCCCCCCCCCCCC(=O)OCC(COCCC(C(=O)O)[N+](C)(C)C)OC(=O)CCCCCCCCC/C=C/C/C=C/CCCCCCCCCC. The van der Waals surface area contributed by atoms with E-state index in [1.807, 2.05) is 21.1 Å². The Labute approximate surface area is 414 Å². The van der Waals surface area contributed by atoms with E-state index in [4.69, 9.17) is 14.2 Å². The average Bonchev–Trinajstić information content (AvgIpc) is 3.29. The molecule has 0 heterocycles. The highest BCUT2D eigenvalue weighted by Gasteiger charge is 2.31. The molecule has 0 aromatic heterocycles. The molecular weight excluding hydrogens is 835 g/mol. The third kappa shape index (κ3) is 48.1. The molecule has 0 fully saturated rings. The maximum atomic E-state index is 12.8. The highest BCUT2D eigenvalue weighted by Crippen LogP contribution is 2.16. The fourth-order valence-corrected chi connectivity index (χ4v) is 8.40. The van der Waals surface area contributed by atoms with Crippen molar-refractivity contribution < 1.29 is 38.2 Å². The summed E-state index contributed by atoms with van der Waals surface area (Å²) in [5, 5.41) is 9.67. The summed E-state index contributed by atoms with van der Waals surface area (Å²) < 4.78 is 17.4. The molecule has 0 aliphatic rings. The Bertz CT molecular complexity index is 1230. The molecule has 67 heavy (non-hydrogen) atoms. The van der Waals surface area contributed by atoms with Crippen molar-refractivity contribution in [3.8, 4) is 0 Å². The fourth-order valence-electron chi connectivity index (χ4n) is 8.40. The van der Waals surface area contributed by atoms with Gasteiger partial charge in [-0.15, -0.1) is 0 Å². The number of quaternary nitrogens is 1. The molecule has 0 radical (unpaired) electrons. The van der Waals surface area contributed by atoms with Gasteiger partial charge in [0.1, 0.15) is 6.61 Å². The number of rotatable bonds is 51. The summed E-state index contributed by atoms with van der Waals surface area (Å²) >= 11 is 0. The Morgan fingerprint density at radius 3 is 1.22 bits per heavy atom. The number of aliphatic carboxylic acids is 1. The molecule has 0 aliphatic carbocycles. The molecule has 1 N–H and O–H groups in total. The molecule has 0 spiro atoms. The van der Waals surface area contributed by atoms with E-state index in [2.05, 4.69) is 62.5 Å². The van der Waals surface area contributed by atoms with Crippen molar-refractivity contribution >= 4 is 17.9 Å². The maximum absolute atomic E-state index is 12.8. The van der Waals surface area contributed by atoms with E-state index in [0.29, 0.717) is 19.3 Å². The summed E-state index contributed by atoms with van der Waals surface area (Å²) in [6, 6.07) is -0.617. The molecular formula is C59H108NO7+. The minimum atomic E-state index is -0.874. The summed E-state index contributed by atoms with van der Waals surface area (Å²) in [5.41, 5.74) is 0. The topological polar surface area (TPSA) is 99.1 Å². The normalized spacial score (nSPS) is 13.1. The number of carbonyl (C=O) groups is 3. The van der Waals surface area contributed by atoms with Gasteiger partial charge in [-0.2, -0.15) is 0 Å². The van der Waals surface area contributed by atoms with Crippen molar-refractivity contribution in [3.63, 3.8) is 0 Å². The summed E-state index contributed by atoms with van der Waals surface area (Å²) in [7, 11) is 5.54. The Hall–Kier alpha value is -2.71. The van der Waals surface area contributed by atoms with Crippen LogP contribution in [0.3, 0.4) is 0 Å². The van der Waals surface area contributed by atoms with Crippen LogP contribution in [0.1, 0.15) is 258 Å². The maximum Gasteiger partial charge on any atom is 0.362 e. The van der Waals surface area contributed by atoms with Crippen molar-refractivity contribution in [2.24, 2.45) is 0 Å². The van der Waals surface area contributed by atoms with Gasteiger partial charge in [-0.1, -0.05) is 217 Å². The summed E-state index contributed by atoms with van der Waals surface area (Å²) in [6.45, 7) is 4.66. The van der Waals surface area contributed by atoms with E-state index in [-0.39, 0.29) is 36.2 Å². The predicted molar refractivity (Wildman–Crippen MR) is 284 cm³/mol. The van der Waals surface area contributed by atoms with Gasteiger partial charge in [0, 0.05) is 19.3 Å². The molecule has 0 aromatic rings. The molecule has 2 unspecified atom stereocenters. The second kappa shape index (κ2) is 49.7. The number of ether oxygens (including phenoxy) is 3. The number of esters is 2. The molecule has 0 rings (SSSR count). The van der Waals surface area contributed by atoms with Crippen LogP contribution in [0.15, 0.2) is 48.6 Å². The number of hydrogen-bond acceptors (Lipinski definition) is 6. The van der Waals surface area contributed by atoms with Crippen LogP contribution in [-0.2, 0) is 28.6 Å². The van der Waals surface area contributed by atoms with Gasteiger partial charge < -0.3 is 23.8 Å². The van der Waals surface area contributed by atoms with Crippen LogP contribution < -0.4 is 0 Å². The lowest BCUT2D eigenvalue weighted by atomic mass is 10.0. The van der Waals surface area contributed by atoms with E-state index < -0.39 is 18.1 Å². The number of carbonyl (C=O) groups excluding carboxylic acids is 2. The number of allylic oxidation sites excluding steroid dienone is 8. The lowest BCUT2D eigenvalue weighted by Crippen LogP contribution is -2.50. The van der Waals surface area contributed by atoms with Gasteiger partial charge in [-0.25, -0.2) is 4.79 Å². The van der Waals surface area contributed by atoms with Gasteiger partial charge in [0.2, 0.25) is 0 Å². The van der Waals surface area contributed by atoms with Crippen LogP contribution >= 0.6 is 0 Å². The number of nitrogens with zero attached hydrogens (tertiary/aromatic N) is 1. The molecule has 0 bridgehead atoms. The lowest BCUT2D eigenvalue weighted by molar-refractivity contribution is -0.887. The highest BCUT2D eigenvalue weighted by atomic mass is 16.6. The van der Waals surface area contributed by atoms with E-state index in [9.17, 15) is 19.5 Å². The largest absolute Gasteiger partial charge is 0.477 e. The van der Waals surface area contributed by atoms with Gasteiger partial charge in [-0.05, 0) is 70.6 Å². The van der Waals surface area contributed by atoms with Crippen LogP contribution in [0.2, 0.25) is 0 Å². The Balaban J connectivity index is 4.18. The summed E-state index contributed by atoms with van der Waals surface area (Å²) in [4.78, 5) is 37.3. The standard InChI is InChI=1S/C59H107NO7/c1-6-8-10-12-14-16-18-20-22-24-26-28-30-32-34-36-38-40-42-44-46-48-50-58(62)67-55(53-65-52-51-56(59(63)64)60(3,4)5)54-66-57(61)49-47-45-43-41-39-37-35-33-31-29-27-25-23-21-19-17-15-13-11-9-7-2/h9,11,15,17,24,26,30,32,55-56H,6-8,10,12-14,16,18-23,25,27-29,31,33-54H2,1-5H3/p+1/b11-9+,17-15+,26-24+,32-30+.